The number of hydrogen-bond acceptors (Lipinski definition) is 3. The summed E-state index contributed by atoms with van der Waals surface area (Å²) < 4.78 is 2.78. The molecule has 146 valence electrons. The first-order chi connectivity index (χ1) is 13.0. The van der Waals surface area contributed by atoms with Crippen molar-refractivity contribution in [3.8, 4) is 0 Å². The zero-order valence-electron chi connectivity index (χ0n) is 15.9. The summed E-state index contributed by atoms with van der Waals surface area (Å²) in [7, 11) is 0. The van der Waals surface area contributed by atoms with E-state index in [0.717, 1.165) is 48.6 Å². The van der Waals surface area contributed by atoms with Gasteiger partial charge < -0.3 is 11.1 Å². The monoisotopic (exact) mass is 372 g/mol. The molecule has 0 bridgehead atoms. The number of nitrogens with two attached hydrogens (primary N) is 1. The molecule has 1 heterocycles. The van der Waals surface area contributed by atoms with E-state index < -0.39 is 17.5 Å². The molecule has 3 rings (SSSR count). The van der Waals surface area contributed by atoms with Crippen LogP contribution in [0.25, 0.3) is 11.0 Å². The van der Waals surface area contributed by atoms with Crippen molar-refractivity contribution in [2.75, 3.05) is 0 Å². The van der Waals surface area contributed by atoms with Gasteiger partial charge in [0.15, 0.2) is 0 Å². The Bertz CT molecular complexity index is 890. The molecule has 2 amide bonds. The maximum Gasteiger partial charge on any atom is 0.337 e. The third-order valence-electron chi connectivity index (χ3n) is 5.55. The van der Waals surface area contributed by atoms with Gasteiger partial charge in [-0.2, -0.15) is 0 Å². The second-order valence-electron chi connectivity index (χ2n) is 7.40. The number of carbonyl (C=O) groups is 2. The molecule has 7 heteroatoms. The lowest BCUT2D eigenvalue weighted by atomic mass is 9.81. The van der Waals surface area contributed by atoms with Crippen LogP contribution in [0.2, 0.25) is 0 Å². The number of benzene rings is 1. The van der Waals surface area contributed by atoms with Crippen molar-refractivity contribution in [1.82, 2.24) is 14.5 Å². The van der Waals surface area contributed by atoms with Gasteiger partial charge in [0, 0.05) is 6.54 Å². The molecule has 7 nitrogen and oxygen atoms in total. The van der Waals surface area contributed by atoms with Crippen molar-refractivity contribution in [2.45, 2.75) is 70.4 Å². The lowest BCUT2D eigenvalue weighted by Crippen LogP contribution is -2.60. The second-order valence-corrected chi connectivity index (χ2v) is 7.40. The van der Waals surface area contributed by atoms with Gasteiger partial charge in [-0.3, -0.25) is 9.36 Å². The first-order valence-corrected chi connectivity index (χ1v) is 9.83. The molecule has 0 radical (unpaired) electrons. The van der Waals surface area contributed by atoms with E-state index in [-0.39, 0.29) is 5.69 Å². The van der Waals surface area contributed by atoms with E-state index in [1.165, 1.54) is 0 Å². The van der Waals surface area contributed by atoms with E-state index in [0.29, 0.717) is 24.9 Å². The lowest BCUT2D eigenvalue weighted by molar-refractivity contribution is -0.125. The van der Waals surface area contributed by atoms with Crippen LogP contribution in [-0.4, -0.2) is 26.6 Å². The summed E-state index contributed by atoms with van der Waals surface area (Å²) in [5, 5.41) is 2.80. The molecule has 0 atom stereocenters. The number of nitrogens with one attached hydrogen (secondary N) is 1. The molecule has 1 fully saturated rings. The maximum atomic E-state index is 13.0. The molecule has 1 aliphatic rings. The number of carbonyl (C=O) groups excluding carboxylic acids is 2. The van der Waals surface area contributed by atoms with Crippen LogP contribution < -0.4 is 16.7 Å². The first-order valence-electron chi connectivity index (χ1n) is 9.83. The number of para-hydroxylation sites is 2. The summed E-state index contributed by atoms with van der Waals surface area (Å²) in [6, 6.07) is 6.67. The minimum absolute atomic E-state index is 0.375. The van der Waals surface area contributed by atoms with Gasteiger partial charge in [0.1, 0.15) is 5.54 Å². The number of amides is 2. The van der Waals surface area contributed by atoms with Crippen LogP contribution in [0.15, 0.2) is 29.1 Å². The predicted molar refractivity (Wildman–Crippen MR) is 105 cm³/mol. The minimum Gasteiger partial charge on any atom is -0.368 e. The highest BCUT2D eigenvalue weighted by atomic mass is 16.2. The normalized spacial score (nSPS) is 16.3. The minimum atomic E-state index is -1.07. The average Bonchev–Trinajstić information content (AvgIpc) is 2.94. The van der Waals surface area contributed by atoms with E-state index >= 15 is 0 Å². The fourth-order valence-electron chi connectivity index (χ4n) is 3.99. The molecule has 1 aromatic carbocycles. The van der Waals surface area contributed by atoms with Gasteiger partial charge in [-0.1, -0.05) is 51.2 Å². The first kappa shape index (κ1) is 19.2. The topological polar surface area (TPSA) is 99.1 Å². The fraction of sp³-hybridized carbons (Fsp3) is 0.550. The summed E-state index contributed by atoms with van der Waals surface area (Å²) in [6.07, 6.45) is 6.64. The van der Waals surface area contributed by atoms with Crippen molar-refractivity contribution in [2.24, 2.45) is 5.73 Å². The molecule has 27 heavy (non-hydrogen) atoms. The van der Waals surface area contributed by atoms with Gasteiger partial charge in [-0.05, 0) is 31.4 Å². The molecule has 1 aliphatic carbocycles. The van der Waals surface area contributed by atoms with Gasteiger partial charge in [0.05, 0.1) is 11.0 Å². The third kappa shape index (κ3) is 3.63. The van der Waals surface area contributed by atoms with Crippen molar-refractivity contribution in [3.05, 3.63) is 34.7 Å². The van der Waals surface area contributed by atoms with Crippen LogP contribution in [0.5, 0.6) is 0 Å². The van der Waals surface area contributed by atoms with Gasteiger partial charge >= 0.3 is 11.7 Å². The summed E-state index contributed by atoms with van der Waals surface area (Å²) in [6.45, 7) is 2.67. The second kappa shape index (κ2) is 7.98. The predicted octanol–water partition coefficient (Wildman–Crippen LogP) is 2.74. The van der Waals surface area contributed by atoms with Crippen LogP contribution in [0.3, 0.4) is 0 Å². The molecule has 1 aromatic heterocycles. The van der Waals surface area contributed by atoms with Crippen molar-refractivity contribution >= 4 is 23.0 Å². The Labute approximate surface area is 158 Å². The van der Waals surface area contributed by atoms with Gasteiger partial charge in [0.2, 0.25) is 5.91 Å². The Morgan fingerprint density at radius 1 is 1.11 bits per heavy atom. The summed E-state index contributed by atoms with van der Waals surface area (Å²) in [5.41, 5.74) is 5.45. The number of unbranched alkanes of at least 4 members (excludes halogenated alkanes) is 2. The molecule has 2 aromatic rings. The number of primary amides is 1. The Kier molecular flexibility index (Phi) is 5.68. The van der Waals surface area contributed by atoms with Crippen LogP contribution in [0.1, 0.15) is 58.3 Å². The van der Waals surface area contributed by atoms with E-state index in [2.05, 4.69) is 12.2 Å². The molecule has 0 spiro atoms. The maximum absolute atomic E-state index is 13.0. The molecular formula is C20H28N4O3. The fourth-order valence-corrected chi connectivity index (χ4v) is 3.99. The number of aryl methyl sites for hydroxylation is 1. The van der Waals surface area contributed by atoms with Crippen molar-refractivity contribution < 1.29 is 9.59 Å². The SMILES string of the molecule is CCCCCn1c(=O)n(C(=O)NC2(C(N)=O)CCCCC2)c2ccccc21. The molecular weight excluding hydrogens is 344 g/mol. The summed E-state index contributed by atoms with van der Waals surface area (Å²) in [4.78, 5) is 38.1. The highest BCUT2D eigenvalue weighted by molar-refractivity contribution is 5.94. The van der Waals surface area contributed by atoms with Crippen LogP contribution in [-0.2, 0) is 11.3 Å². The molecule has 0 unspecified atom stereocenters. The van der Waals surface area contributed by atoms with E-state index in [1.807, 2.05) is 12.1 Å². The van der Waals surface area contributed by atoms with Crippen LogP contribution >= 0.6 is 0 Å². The van der Waals surface area contributed by atoms with Gasteiger partial charge in [0.25, 0.3) is 0 Å². The third-order valence-corrected chi connectivity index (χ3v) is 5.55. The largest absolute Gasteiger partial charge is 0.368 e. The number of imidazole rings is 1. The molecule has 0 saturated heterocycles. The molecule has 1 saturated carbocycles. The van der Waals surface area contributed by atoms with Gasteiger partial charge in [-0.15, -0.1) is 0 Å². The number of aromatic nitrogens is 2. The van der Waals surface area contributed by atoms with Crippen molar-refractivity contribution in [1.29, 1.82) is 0 Å². The standard InChI is InChI=1S/C20H28N4O3/c1-2-3-9-14-23-15-10-5-6-11-16(15)24(19(23)27)18(26)22-20(17(21)25)12-7-4-8-13-20/h5-6,10-11H,2-4,7-9,12-14H2,1H3,(H2,21,25)(H,22,26). The Balaban J connectivity index is 1.98. The Morgan fingerprint density at radius 3 is 2.41 bits per heavy atom. The van der Waals surface area contributed by atoms with E-state index in [4.69, 9.17) is 5.73 Å². The van der Waals surface area contributed by atoms with Crippen LogP contribution in [0.4, 0.5) is 4.79 Å². The quantitative estimate of drug-likeness (QED) is 0.763. The van der Waals surface area contributed by atoms with E-state index in [1.54, 1.807) is 16.7 Å². The van der Waals surface area contributed by atoms with Gasteiger partial charge in [-0.25, -0.2) is 14.2 Å². The summed E-state index contributed by atoms with van der Waals surface area (Å²) >= 11 is 0. The Hall–Kier alpha value is -2.57. The molecule has 0 aliphatic heterocycles. The number of fused-ring (bicyclic) bond motifs is 1. The highest BCUT2D eigenvalue weighted by Gasteiger charge is 2.40. The molecule has 3 N–H and O–H groups in total. The summed E-state index contributed by atoms with van der Waals surface area (Å²) in [5.74, 6) is -0.532. The highest BCUT2D eigenvalue weighted by Crippen LogP contribution is 2.28. The number of rotatable bonds is 6. The smallest absolute Gasteiger partial charge is 0.337 e. The Morgan fingerprint density at radius 2 is 1.78 bits per heavy atom. The number of hydrogen-bond donors (Lipinski definition) is 2. The van der Waals surface area contributed by atoms with Crippen LogP contribution in [0, 0.1) is 0 Å². The van der Waals surface area contributed by atoms with E-state index in [9.17, 15) is 14.4 Å². The number of nitrogens with zero attached hydrogens (tertiary/aromatic N) is 2. The zero-order chi connectivity index (χ0) is 19.4. The zero-order valence-corrected chi connectivity index (χ0v) is 15.9. The van der Waals surface area contributed by atoms with Crippen molar-refractivity contribution in [3.63, 3.8) is 0 Å². The average molecular weight is 372 g/mol. The lowest BCUT2D eigenvalue weighted by Gasteiger charge is -2.34.